The van der Waals surface area contributed by atoms with Crippen molar-refractivity contribution in [2.75, 3.05) is 13.2 Å². The summed E-state index contributed by atoms with van der Waals surface area (Å²) < 4.78 is 2.49. The van der Waals surface area contributed by atoms with Crippen molar-refractivity contribution in [2.45, 2.75) is 31.7 Å². The first-order chi connectivity index (χ1) is 4.84. The average molecular weight is 248 g/mol. The molecule has 1 heterocycles. The van der Waals surface area contributed by atoms with E-state index in [-0.39, 0.29) is 0 Å². The van der Waals surface area contributed by atoms with Crippen LogP contribution >= 0.6 is 0 Å². The Kier molecular flexibility index (Phi) is 4.02. The van der Waals surface area contributed by atoms with Crippen LogP contribution in [0.3, 0.4) is 0 Å². The number of nitrogens with zero attached hydrogens (tertiary/aromatic N) is 1. The Morgan fingerprint density at radius 1 is 1.50 bits per heavy atom. The summed E-state index contributed by atoms with van der Waals surface area (Å²) in [7, 11) is 0. The zero-order valence-electron chi connectivity index (χ0n) is 6.29. The number of aliphatic hydroxyl groups excluding tert-OH is 1. The van der Waals surface area contributed by atoms with Crippen LogP contribution in [0, 0.1) is 0 Å². The van der Waals surface area contributed by atoms with Crippen LogP contribution in [0.25, 0.3) is 0 Å². The fraction of sp³-hybridized carbons (Fsp3) is 1.00. The van der Waals surface area contributed by atoms with Crippen molar-refractivity contribution in [1.82, 2.24) is 3.12 Å². The van der Waals surface area contributed by atoms with Crippen LogP contribution in [0.1, 0.15) is 25.7 Å². The van der Waals surface area contributed by atoms with Crippen LogP contribution in [0.5, 0.6) is 0 Å². The molecule has 1 atom stereocenters. The maximum atomic E-state index is 8.72. The second kappa shape index (κ2) is 4.57. The van der Waals surface area contributed by atoms with Crippen molar-refractivity contribution in [1.29, 1.82) is 0 Å². The molecule has 2 radical (unpaired) electrons. The van der Waals surface area contributed by atoms with Gasteiger partial charge < -0.3 is 0 Å². The van der Waals surface area contributed by atoms with E-state index in [4.69, 9.17) is 5.11 Å². The normalized spacial score (nSPS) is 28.8. The van der Waals surface area contributed by atoms with E-state index in [1.54, 1.807) is 0 Å². The average Bonchev–Trinajstić information content (AvgIpc) is 1.94. The van der Waals surface area contributed by atoms with Gasteiger partial charge in [-0.05, 0) is 0 Å². The number of hydrogen-bond donors (Lipinski definition) is 1. The summed E-state index contributed by atoms with van der Waals surface area (Å²) in [5.74, 6) is 0. The minimum absolute atomic E-state index is 0.363. The van der Waals surface area contributed by atoms with Gasteiger partial charge >= 0.3 is 75.9 Å². The molecule has 0 aromatic heterocycles. The summed E-state index contributed by atoms with van der Waals surface area (Å²) in [6.07, 6.45) is 5.02. The molecule has 3 heteroatoms. The first kappa shape index (κ1) is 8.81. The fourth-order valence-corrected chi connectivity index (χ4v) is 2.85. The van der Waals surface area contributed by atoms with Crippen LogP contribution in [0.15, 0.2) is 0 Å². The molecule has 58 valence electrons. The zero-order valence-corrected chi connectivity index (χ0v) is 9.59. The monoisotopic (exact) mass is 249 g/mol. The summed E-state index contributed by atoms with van der Waals surface area (Å²) in [4.78, 5) is 0. The molecular formula is C7H15NOSn. The van der Waals surface area contributed by atoms with E-state index in [1.165, 1.54) is 48.6 Å². The van der Waals surface area contributed by atoms with Crippen LogP contribution in [0.2, 0.25) is 0 Å². The van der Waals surface area contributed by atoms with Crippen molar-refractivity contribution in [3.8, 4) is 0 Å². The van der Waals surface area contributed by atoms with Gasteiger partial charge in [-0.25, -0.2) is 0 Å². The van der Waals surface area contributed by atoms with Gasteiger partial charge in [0.1, 0.15) is 0 Å². The van der Waals surface area contributed by atoms with E-state index in [0.29, 0.717) is 12.6 Å². The first-order valence-corrected chi connectivity index (χ1v) is 5.44. The second-order valence-electron chi connectivity index (χ2n) is 2.90. The van der Waals surface area contributed by atoms with Crippen LogP contribution in [0.4, 0.5) is 0 Å². The molecule has 1 aliphatic heterocycles. The molecule has 1 N–H and O–H groups in total. The molecule has 0 amide bonds. The van der Waals surface area contributed by atoms with Crippen LogP contribution in [-0.2, 0) is 0 Å². The van der Waals surface area contributed by atoms with Gasteiger partial charge in [-0.2, -0.15) is 0 Å². The Balaban J connectivity index is 2.25. The van der Waals surface area contributed by atoms with E-state index < -0.39 is 0 Å². The van der Waals surface area contributed by atoms with Crippen molar-refractivity contribution in [2.24, 2.45) is 0 Å². The Hall–Kier alpha value is 0.719. The molecule has 1 fully saturated rings. The molecule has 2 nitrogen and oxygen atoms in total. The minimum atomic E-state index is 0.363. The van der Waals surface area contributed by atoms with E-state index in [0.717, 1.165) is 6.42 Å². The Labute approximate surface area is 76.0 Å². The van der Waals surface area contributed by atoms with Gasteiger partial charge in [0.15, 0.2) is 0 Å². The van der Waals surface area contributed by atoms with Gasteiger partial charge in [-0.1, -0.05) is 0 Å². The van der Waals surface area contributed by atoms with E-state index >= 15 is 0 Å². The summed E-state index contributed by atoms with van der Waals surface area (Å²) in [5, 5.41) is 8.72. The Morgan fingerprint density at radius 2 is 2.30 bits per heavy atom. The quantitative estimate of drug-likeness (QED) is 0.697. The zero-order chi connectivity index (χ0) is 7.40. The van der Waals surface area contributed by atoms with Crippen molar-refractivity contribution >= 4 is 22.8 Å². The van der Waals surface area contributed by atoms with Gasteiger partial charge in [-0.3, -0.25) is 0 Å². The number of hydrogen-bond acceptors (Lipinski definition) is 2. The molecule has 1 saturated heterocycles. The van der Waals surface area contributed by atoms with Gasteiger partial charge in [0, 0.05) is 0 Å². The first-order valence-electron chi connectivity index (χ1n) is 3.97. The predicted octanol–water partition coefficient (Wildman–Crippen LogP) is 0.0391. The van der Waals surface area contributed by atoms with E-state index in [9.17, 15) is 0 Å². The third-order valence-corrected chi connectivity index (χ3v) is 4.08. The van der Waals surface area contributed by atoms with Crippen molar-refractivity contribution in [3.05, 3.63) is 0 Å². The fourth-order valence-electron chi connectivity index (χ4n) is 1.48. The van der Waals surface area contributed by atoms with Gasteiger partial charge in [0.2, 0.25) is 0 Å². The summed E-state index contributed by atoms with van der Waals surface area (Å²) in [6.45, 7) is 1.63. The number of aliphatic hydroxyl groups is 1. The molecule has 10 heavy (non-hydrogen) atoms. The predicted molar refractivity (Wildman–Crippen MR) is 43.2 cm³/mol. The van der Waals surface area contributed by atoms with E-state index in [1.807, 2.05) is 0 Å². The molecule has 1 rings (SSSR count). The molecule has 0 spiro atoms. The van der Waals surface area contributed by atoms with Gasteiger partial charge in [-0.15, -0.1) is 0 Å². The topological polar surface area (TPSA) is 23.5 Å². The second-order valence-corrected chi connectivity index (χ2v) is 4.79. The molecule has 1 unspecified atom stereocenters. The third kappa shape index (κ3) is 2.40. The summed E-state index contributed by atoms with van der Waals surface area (Å²) >= 11 is 1.23. The van der Waals surface area contributed by atoms with Gasteiger partial charge in [0.25, 0.3) is 0 Å². The Morgan fingerprint density at radius 3 is 2.90 bits per heavy atom. The standard InChI is InChI=1S/C7H14NO.Sn.H/c9-6-4-7-3-1-2-5-8-7;;/h7,9H,1-6H2;;/q-1;+1;. The molecular weight excluding hydrogens is 233 g/mol. The molecule has 0 aromatic rings. The third-order valence-electron chi connectivity index (χ3n) is 2.14. The summed E-state index contributed by atoms with van der Waals surface area (Å²) in [5.41, 5.74) is 0. The molecule has 0 aliphatic carbocycles. The molecule has 1 aliphatic rings. The summed E-state index contributed by atoms with van der Waals surface area (Å²) in [6, 6.07) is 0.709. The Bertz CT molecular complexity index is 97.6. The molecule has 0 bridgehead atoms. The SMILES string of the molecule is OCCC1CCCC[N]1[SnH]. The molecule has 0 aromatic carbocycles. The van der Waals surface area contributed by atoms with Crippen molar-refractivity contribution in [3.63, 3.8) is 0 Å². The van der Waals surface area contributed by atoms with Gasteiger partial charge in [0.05, 0.1) is 0 Å². The molecule has 0 saturated carbocycles. The number of rotatable bonds is 2. The van der Waals surface area contributed by atoms with Crippen LogP contribution in [-0.4, -0.2) is 50.2 Å². The number of piperidine rings is 1. The van der Waals surface area contributed by atoms with E-state index in [2.05, 4.69) is 3.12 Å². The van der Waals surface area contributed by atoms with Crippen LogP contribution < -0.4 is 0 Å². The maximum absolute atomic E-state index is 8.72. The van der Waals surface area contributed by atoms with Crippen molar-refractivity contribution < 1.29 is 5.11 Å².